The van der Waals surface area contributed by atoms with Gasteiger partial charge in [-0.3, -0.25) is 0 Å². The van der Waals surface area contributed by atoms with E-state index in [1.807, 2.05) is 12.5 Å². The molecule has 3 aromatic rings. The van der Waals surface area contributed by atoms with Crippen LogP contribution >= 0.6 is 0 Å². The third-order valence-corrected chi connectivity index (χ3v) is 3.87. The highest BCUT2D eigenvalue weighted by Gasteiger charge is 2.06. The van der Waals surface area contributed by atoms with E-state index >= 15 is 0 Å². The summed E-state index contributed by atoms with van der Waals surface area (Å²) in [5, 5.41) is 0. The molecular weight excluding hydrogens is 272 g/mol. The quantitative estimate of drug-likeness (QED) is 0.665. The lowest BCUT2D eigenvalue weighted by Crippen LogP contribution is -2.02. The van der Waals surface area contributed by atoms with Crippen LogP contribution in [0.15, 0.2) is 42.9 Å². The van der Waals surface area contributed by atoms with E-state index in [0.29, 0.717) is 0 Å². The van der Waals surface area contributed by atoms with Crippen molar-refractivity contribution in [1.29, 1.82) is 0 Å². The number of nitrogens with zero attached hydrogens (tertiary/aromatic N) is 4. The van der Waals surface area contributed by atoms with Gasteiger partial charge in [0.25, 0.3) is 0 Å². The SMILES string of the molecule is CCCCc1ncc2ncn(CCCc3ccccc3)c2n1. The third kappa shape index (κ3) is 3.50. The molecule has 0 radical (unpaired) electrons. The summed E-state index contributed by atoms with van der Waals surface area (Å²) >= 11 is 0. The van der Waals surface area contributed by atoms with Crippen molar-refractivity contribution >= 4 is 11.2 Å². The van der Waals surface area contributed by atoms with Gasteiger partial charge in [0.2, 0.25) is 0 Å². The highest BCUT2D eigenvalue weighted by molar-refractivity contribution is 5.69. The van der Waals surface area contributed by atoms with Crippen LogP contribution in [0.5, 0.6) is 0 Å². The van der Waals surface area contributed by atoms with Crippen LogP contribution in [0.4, 0.5) is 0 Å². The molecule has 0 aliphatic rings. The molecule has 0 bridgehead atoms. The maximum atomic E-state index is 4.69. The van der Waals surface area contributed by atoms with Crippen LogP contribution in [-0.2, 0) is 19.4 Å². The summed E-state index contributed by atoms with van der Waals surface area (Å²) in [5.74, 6) is 0.930. The van der Waals surface area contributed by atoms with Gasteiger partial charge in [0.15, 0.2) is 5.65 Å². The molecule has 3 rings (SSSR count). The van der Waals surface area contributed by atoms with Gasteiger partial charge in [-0.25, -0.2) is 15.0 Å². The molecule has 0 spiro atoms. The number of fused-ring (bicyclic) bond motifs is 1. The van der Waals surface area contributed by atoms with E-state index in [1.165, 1.54) is 5.56 Å². The summed E-state index contributed by atoms with van der Waals surface area (Å²) in [6, 6.07) is 10.6. The van der Waals surface area contributed by atoms with E-state index in [2.05, 4.69) is 56.8 Å². The Bertz CT molecular complexity index is 718. The first-order chi connectivity index (χ1) is 10.9. The van der Waals surface area contributed by atoms with Gasteiger partial charge in [-0.1, -0.05) is 43.7 Å². The standard InChI is InChI=1S/C18H22N4/c1-2-3-11-17-19-13-16-18(21-17)22(14-20-16)12-7-10-15-8-5-4-6-9-15/h4-6,8-9,13-14H,2-3,7,10-12H2,1H3. The third-order valence-electron chi connectivity index (χ3n) is 3.87. The molecule has 0 fully saturated rings. The molecule has 2 aromatic heterocycles. The Hall–Kier alpha value is -2.23. The van der Waals surface area contributed by atoms with Gasteiger partial charge in [-0.05, 0) is 24.8 Å². The second-order valence-electron chi connectivity index (χ2n) is 5.63. The molecule has 2 heterocycles. The van der Waals surface area contributed by atoms with E-state index in [9.17, 15) is 0 Å². The number of unbranched alkanes of at least 4 members (excludes halogenated alkanes) is 1. The fraction of sp³-hybridized carbons (Fsp3) is 0.389. The lowest BCUT2D eigenvalue weighted by molar-refractivity contribution is 0.650. The lowest BCUT2D eigenvalue weighted by Gasteiger charge is -2.05. The van der Waals surface area contributed by atoms with Crippen molar-refractivity contribution in [3.8, 4) is 0 Å². The predicted octanol–water partition coefficient (Wildman–Crippen LogP) is 3.80. The molecule has 4 nitrogen and oxygen atoms in total. The lowest BCUT2D eigenvalue weighted by atomic mass is 10.1. The molecule has 0 amide bonds. The molecule has 0 saturated carbocycles. The summed E-state index contributed by atoms with van der Waals surface area (Å²) in [4.78, 5) is 13.5. The van der Waals surface area contributed by atoms with Gasteiger partial charge in [-0.2, -0.15) is 0 Å². The number of benzene rings is 1. The molecule has 0 N–H and O–H groups in total. The van der Waals surface area contributed by atoms with E-state index in [1.54, 1.807) is 0 Å². The smallest absolute Gasteiger partial charge is 0.163 e. The van der Waals surface area contributed by atoms with Gasteiger partial charge >= 0.3 is 0 Å². The van der Waals surface area contributed by atoms with Gasteiger partial charge in [0.05, 0.1) is 12.5 Å². The van der Waals surface area contributed by atoms with Crippen molar-refractivity contribution in [2.75, 3.05) is 0 Å². The molecule has 114 valence electrons. The number of hydrogen-bond donors (Lipinski definition) is 0. The summed E-state index contributed by atoms with van der Waals surface area (Å²) < 4.78 is 2.15. The van der Waals surface area contributed by atoms with Crippen LogP contribution in [0.3, 0.4) is 0 Å². The maximum absolute atomic E-state index is 4.69. The Morgan fingerprint density at radius 2 is 1.86 bits per heavy atom. The summed E-state index contributed by atoms with van der Waals surface area (Å²) in [5.41, 5.74) is 3.24. The zero-order valence-electron chi connectivity index (χ0n) is 13.1. The Morgan fingerprint density at radius 3 is 2.68 bits per heavy atom. The molecule has 22 heavy (non-hydrogen) atoms. The van der Waals surface area contributed by atoms with Crippen LogP contribution in [0.25, 0.3) is 11.2 Å². The van der Waals surface area contributed by atoms with Gasteiger partial charge < -0.3 is 4.57 Å². The average Bonchev–Trinajstić information content (AvgIpc) is 2.96. The van der Waals surface area contributed by atoms with Gasteiger partial charge in [-0.15, -0.1) is 0 Å². The zero-order chi connectivity index (χ0) is 15.2. The summed E-state index contributed by atoms with van der Waals surface area (Å²) in [6.45, 7) is 3.13. The monoisotopic (exact) mass is 294 g/mol. The van der Waals surface area contributed by atoms with E-state index in [-0.39, 0.29) is 0 Å². The van der Waals surface area contributed by atoms with Crippen molar-refractivity contribution in [2.24, 2.45) is 0 Å². The second-order valence-corrected chi connectivity index (χ2v) is 5.63. The molecule has 0 unspecified atom stereocenters. The van der Waals surface area contributed by atoms with Crippen LogP contribution < -0.4 is 0 Å². The summed E-state index contributed by atoms with van der Waals surface area (Å²) in [6.07, 6.45) is 9.14. The number of aromatic nitrogens is 4. The first-order valence-corrected chi connectivity index (χ1v) is 8.07. The summed E-state index contributed by atoms with van der Waals surface area (Å²) in [7, 11) is 0. The van der Waals surface area contributed by atoms with Crippen LogP contribution in [0.1, 0.15) is 37.6 Å². The molecule has 0 aliphatic carbocycles. The molecule has 1 aromatic carbocycles. The van der Waals surface area contributed by atoms with Crippen molar-refractivity contribution < 1.29 is 0 Å². The van der Waals surface area contributed by atoms with E-state index in [4.69, 9.17) is 0 Å². The van der Waals surface area contributed by atoms with E-state index in [0.717, 1.165) is 55.6 Å². The van der Waals surface area contributed by atoms with Crippen LogP contribution in [0.2, 0.25) is 0 Å². The second kappa shape index (κ2) is 7.16. The minimum atomic E-state index is 0.889. The maximum Gasteiger partial charge on any atom is 0.163 e. The molecule has 4 heteroatoms. The van der Waals surface area contributed by atoms with E-state index < -0.39 is 0 Å². The number of aryl methyl sites for hydroxylation is 3. The molecular formula is C18H22N4. The fourth-order valence-corrected chi connectivity index (χ4v) is 2.61. The largest absolute Gasteiger partial charge is 0.315 e. The number of imidazole rings is 1. The Morgan fingerprint density at radius 1 is 1.00 bits per heavy atom. The van der Waals surface area contributed by atoms with Gasteiger partial charge in [0.1, 0.15) is 11.3 Å². The first kappa shape index (κ1) is 14.7. The molecule has 0 atom stereocenters. The first-order valence-electron chi connectivity index (χ1n) is 8.07. The van der Waals surface area contributed by atoms with Crippen molar-refractivity contribution in [3.63, 3.8) is 0 Å². The van der Waals surface area contributed by atoms with Gasteiger partial charge in [0, 0.05) is 13.0 Å². The fourth-order valence-electron chi connectivity index (χ4n) is 2.61. The van der Waals surface area contributed by atoms with Crippen molar-refractivity contribution in [3.05, 3.63) is 54.2 Å². The van der Waals surface area contributed by atoms with Crippen molar-refractivity contribution in [1.82, 2.24) is 19.5 Å². The average molecular weight is 294 g/mol. The highest BCUT2D eigenvalue weighted by atomic mass is 15.1. The zero-order valence-corrected chi connectivity index (χ0v) is 13.1. The number of rotatable bonds is 7. The Balaban J connectivity index is 1.67. The Labute approximate surface area is 131 Å². The minimum absolute atomic E-state index is 0.889. The normalized spacial score (nSPS) is 11.1. The molecule has 0 saturated heterocycles. The van der Waals surface area contributed by atoms with Crippen LogP contribution in [0, 0.1) is 0 Å². The van der Waals surface area contributed by atoms with Crippen LogP contribution in [-0.4, -0.2) is 19.5 Å². The number of hydrogen-bond acceptors (Lipinski definition) is 3. The topological polar surface area (TPSA) is 43.6 Å². The predicted molar refractivity (Wildman–Crippen MR) is 88.7 cm³/mol. The molecule has 0 aliphatic heterocycles. The highest BCUT2D eigenvalue weighted by Crippen LogP contribution is 2.12. The van der Waals surface area contributed by atoms with Crippen molar-refractivity contribution in [2.45, 2.75) is 45.6 Å². The minimum Gasteiger partial charge on any atom is -0.315 e. The Kier molecular flexibility index (Phi) is 4.78.